The Kier molecular flexibility index (Phi) is 2.69. The van der Waals surface area contributed by atoms with E-state index >= 15 is 0 Å². The summed E-state index contributed by atoms with van der Waals surface area (Å²) in [6.45, 7) is 1.99. The fraction of sp³-hybridized carbons (Fsp3) is 0.0556. The van der Waals surface area contributed by atoms with Gasteiger partial charge in [0.2, 0.25) is 5.78 Å². The highest BCUT2D eigenvalue weighted by molar-refractivity contribution is 7.14. The van der Waals surface area contributed by atoms with Gasteiger partial charge in [0.1, 0.15) is 5.58 Å². The molecule has 0 atom stereocenters. The average Bonchev–Trinajstić information content (AvgIpc) is 3.12. The van der Waals surface area contributed by atoms with Gasteiger partial charge in [-0.15, -0.1) is 11.3 Å². The molecule has 102 valence electrons. The second-order valence-corrected chi connectivity index (χ2v) is 6.34. The molecule has 0 spiro atoms. The number of fused-ring (bicyclic) bond motifs is 3. The maximum Gasteiger partial charge on any atom is 0.238 e. The molecule has 2 heterocycles. The van der Waals surface area contributed by atoms with Crippen molar-refractivity contribution in [1.82, 2.24) is 0 Å². The lowest BCUT2D eigenvalue weighted by atomic mass is 10.1. The van der Waals surface area contributed by atoms with E-state index in [9.17, 15) is 4.79 Å². The van der Waals surface area contributed by atoms with E-state index in [0.717, 1.165) is 31.5 Å². The van der Waals surface area contributed by atoms with E-state index in [4.69, 9.17) is 4.42 Å². The molecule has 0 bridgehead atoms. The molecule has 0 fully saturated rings. The van der Waals surface area contributed by atoms with Crippen molar-refractivity contribution in [3.05, 3.63) is 70.1 Å². The summed E-state index contributed by atoms with van der Waals surface area (Å²) >= 11 is 1.49. The number of benzene rings is 2. The lowest BCUT2D eigenvalue weighted by molar-refractivity contribution is 0.101. The standard InChI is InChI=1S/C18H12O2S/c1-11-6-9-16(21-11)17(19)15-10-13-8-7-12-4-2-3-5-14(12)18(13)20-15/h2-10H,1H3. The first-order valence-corrected chi connectivity index (χ1v) is 7.56. The van der Waals surface area contributed by atoms with Crippen LogP contribution in [0.3, 0.4) is 0 Å². The summed E-state index contributed by atoms with van der Waals surface area (Å²) in [5.41, 5.74) is 0.782. The predicted molar refractivity (Wildman–Crippen MR) is 86.2 cm³/mol. The highest BCUT2D eigenvalue weighted by Gasteiger charge is 2.17. The van der Waals surface area contributed by atoms with Crippen LogP contribution >= 0.6 is 11.3 Å². The monoisotopic (exact) mass is 292 g/mol. The molecule has 0 aliphatic heterocycles. The first kappa shape index (κ1) is 12.4. The number of rotatable bonds is 2. The third-order valence-electron chi connectivity index (χ3n) is 3.60. The molecular weight excluding hydrogens is 280 g/mol. The van der Waals surface area contributed by atoms with E-state index in [1.165, 1.54) is 11.3 Å². The number of aryl methyl sites for hydroxylation is 1. The van der Waals surface area contributed by atoms with Crippen molar-refractivity contribution in [3.8, 4) is 0 Å². The molecule has 0 amide bonds. The van der Waals surface area contributed by atoms with Crippen molar-refractivity contribution in [2.24, 2.45) is 0 Å². The minimum Gasteiger partial charge on any atom is -0.452 e. The van der Waals surface area contributed by atoms with E-state index < -0.39 is 0 Å². The van der Waals surface area contributed by atoms with Gasteiger partial charge in [-0.25, -0.2) is 0 Å². The number of carbonyl (C=O) groups excluding carboxylic acids is 1. The number of hydrogen-bond acceptors (Lipinski definition) is 3. The zero-order chi connectivity index (χ0) is 14.4. The van der Waals surface area contributed by atoms with E-state index in [1.807, 2.05) is 55.5 Å². The zero-order valence-electron chi connectivity index (χ0n) is 11.4. The van der Waals surface area contributed by atoms with E-state index in [0.29, 0.717) is 5.76 Å². The highest BCUT2D eigenvalue weighted by Crippen LogP contribution is 2.30. The fourth-order valence-electron chi connectivity index (χ4n) is 2.56. The van der Waals surface area contributed by atoms with Gasteiger partial charge < -0.3 is 4.42 Å². The number of carbonyl (C=O) groups is 1. The molecule has 0 aliphatic carbocycles. The largest absolute Gasteiger partial charge is 0.452 e. The third kappa shape index (κ3) is 1.98. The van der Waals surface area contributed by atoms with Crippen molar-refractivity contribution in [1.29, 1.82) is 0 Å². The van der Waals surface area contributed by atoms with E-state index in [-0.39, 0.29) is 5.78 Å². The maximum atomic E-state index is 12.5. The molecule has 0 saturated carbocycles. The SMILES string of the molecule is Cc1ccc(C(=O)c2cc3ccc4ccccc4c3o2)s1. The zero-order valence-corrected chi connectivity index (χ0v) is 12.2. The van der Waals surface area contributed by atoms with Crippen LogP contribution < -0.4 is 0 Å². The maximum absolute atomic E-state index is 12.5. The fourth-order valence-corrected chi connectivity index (χ4v) is 3.37. The van der Waals surface area contributed by atoms with Crippen molar-refractivity contribution in [2.45, 2.75) is 6.92 Å². The number of furan rings is 1. The number of thiophene rings is 1. The molecule has 4 aromatic rings. The molecule has 0 radical (unpaired) electrons. The van der Waals surface area contributed by atoms with Gasteiger partial charge in [0.25, 0.3) is 0 Å². The smallest absolute Gasteiger partial charge is 0.238 e. The molecule has 3 heteroatoms. The molecule has 2 aromatic carbocycles. The predicted octanol–water partition coefficient (Wildman–Crippen LogP) is 5.19. The Morgan fingerprint density at radius 3 is 2.62 bits per heavy atom. The molecule has 2 nitrogen and oxygen atoms in total. The minimum absolute atomic E-state index is 0.0478. The second-order valence-electron chi connectivity index (χ2n) is 5.06. The Labute approximate surface area is 125 Å². The first-order valence-electron chi connectivity index (χ1n) is 6.75. The van der Waals surface area contributed by atoms with Crippen LogP contribution in [-0.4, -0.2) is 5.78 Å². The highest BCUT2D eigenvalue weighted by atomic mass is 32.1. The summed E-state index contributed by atoms with van der Waals surface area (Å²) in [6, 6.07) is 17.7. The van der Waals surface area contributed by atoms with Crippen LogP contribution in [-0.2, 0) is 0 Å². The normalized spacial score (nSPS) is 11.3. The van der Waals surface area contributed by atoms with E-state index in [2.05, 4.69) is 6.07 Å². The van der Waals surface area contributed by atoms with Gasteiger partial charge in [-0.1, -0.05) is 36.4 Å². The van der Waals surface area contributed by atoms with Crippen LogP contribution in [0.25, 0.3) is 21.7 Å². The third-order valence-corrected chi connectivity index (χ3v) is 4.60. The molecular formula is C18H12O2S. The summed E-state index contributed by atoms with van der Waals surface area (Å²) in [5, 5.41) is 3.12. The summed E-state index contributed by atoms with van der Waals surface area (Å²) in [5.74, 6) is 0.358. The van der Waals surface area contributed by atoms with Crippen LogP contribution in [0.15, 0.2) is 59.0 Å². The van der Waals surface area contributed by atoms with Crippen molar-refractivity contribution >= 4 is 38.9 Å². The van der Waals surface area contributed by atoms with Crippen LogP contribution in [0.2, 0.25) is 0 Å². The van der Waals surface area contributed by atoms with Crippen molar-refractivity contribution in [3.63, 3.8) is 0 Å². The van der Waals surface area contributed by atoms with Crippen LogP contribution in [0, 0.1) is 6.92 Å². The van der Waals surface area contributed by atoms with Gasteiger partial charge in [-0.2, -0.15) is 0 Å². The van der Waals surface area contributed by atoms with Crippen molar-refractivity contribution in [2.75, 3.05) is 0 Å². The summed E-state index contributed by atoms with van der Waals surface area (Å²) in [4.78, 5) is 14.3. The first-order chi connectivity index (χ1) is 10.2. The Morgan fingerprint density at radius 2 is 1.81 bits per heavy atom. The summed E-state index contributed by atoms with van der Waals surface area (Å²) in [7, 11) is 0. The molecule has 0 unspecified atom stereocenters. The molecule has 0 aliphatic rings. The quantitative estimate of drug-likeness (QED) is 0.476. The molecule has 0 N–H and O–H groups in total. The Balaban J connectivity index is 1.91. The lowest BCUT2D eigenvalue weighted by Gasteiger charge is -1.97. The Hall–Kier alpha value is -2.39. The second kappa shape index (κ2) is 4.57. The topological polar surface area (TPSA) is 30.2 Å². The van der Waals surface area contributed by atoms with Crippen molar-refractivity contribution < 1.29 is 9.21 Å². The summed E-state index contributed by atoms with van der Waals surface area (Å²) < 4.78 is 5.86. The van der Waals surface area contributed by atoms with Gasteiger partial charge in [0.05, 0.1) is 4.88 Å². The minimum atomic E-state index is -0.0478. The Morgan fingerprint density at radius 1 is 1.00 bits per heavy atom. The Bertz CT molecular complexity index is 975. The van der Waals surface area contributed by atoms with E-state index in [1.54, 1.807) is 0 Å². The van der Waals surface area contributed by atoms with Gasteiger partial charge in [-0.05, 0) is 30.5 Å². The van der Waals surface area contributed by atoms with Crippen LogP contribution in [0.5, 0.6) is 0 Å². The molecule has 2 aromatic heterocycles. The summed E-state index contributed by atoms with van der Waals surface area (Å²) in [6.07, 6.45) is 0. The van der Waals surface area contributed by atoms with Gasteiger partial charge in [0, 0.05) is 15.6 Å². The molecule has 21 heavy (non-hydrogen) atoms. The average molecular weight is 292 g/mol. The van der Waals surface area contributed by atoms with Gasteiger partial charge >= 0.3 is 0 Å². The van der Waals surface area contributed by atoms with Crippen LogP contribution in [0.4, 0.5) is 0 Å². The van der Waals surface area contributed by atoms with Gasteiger partial charge in [0.15, 0.2) is 5.76 Å². The molecule has 4 rings (SSSR count). The number of ketones is 1. The van der Waals surface area contributed by atoms with Gasteiger partial charge in [-0.3, -0.25) is 4.79 Å². The number of hydrogen-bond donors (Lipinski definition) is 0. The van der Waals surface area contributed by atoms with Crippen LogP contribution in [0.1, 0.15) is 20.3 Å². The lowest BCUT2D eigenvalue weighted by Crippen LogP contribution is -1.95. The molecule has 0 saturated heterocycles.